The largest absolute Gasteiger partial charge is 0.341 e. The number of piperidine rings is 2. The average Bonchev–Trinajstić information content (AvgIpc) is 3.47. The number of hydrogen-bond donors (Lipinski definition) is 3. The number of hydroxylamine groups is 1. The molecule has 6 heteroatoms. The molecule has 152 valence electrons. The van der Waals surface area contributed by atoms with E-state index in [0.717, 1.165) is 32.2 Å². The van der Waals surface area contributed by atoms with Crippen molar-refractivity contribution in [3.8, 4) is 0 Å². The Bertz CT molecular complexity index is 766. The highest BCUT2D eigenvalue weighted by Crippen LogP contribution is 2.52. The molecule has 4 rings (SSSR count). The fourth-order valence-electron chi connectivity index (χ4n) is 5.08. The summed E-state index contributed by atoms with van der Waals surface area (Å²) in [5, 5.41) is 12.5. The van der Waals surface area contributed by atoms with Crippen LogP contribution in [0.2, 0.25) is 0 Å². The monoisotopic (exact) mass is 385 g/mol. The summed E-state index contributed by atoms with van der Waals surface area (Å²) in [6.45, 7) is 6.50. The molecule has 0 unspecified atom stereocenters. The molecule has 0 bridgehead atoms. The first-order valence-corrected chi connectivity index (χ1v) is 10.5. The minimum Gasteiger partial charge on any atom is -0.341 e. The van der Waals surface area contributed by atoms with Crippen molar-refractivity contribution in [2.45, 2.75) is 57.9 Å². The van der Waals surface area contributed by atoms with E-state index in [1.807, 2.05) is 4.90 Å². The molecule has 1 aromatic carbocycles. The number of likely N-dealkylation sites (tertiary alicyclic amines) is 1. The van der Waals surface area contributed by atoms with Crippen molar-refractivity contribution in [3.63, 3.8) is 0 Å². The van der Waals surface area contributed by atoms with E-state index in [-0.39, 0.29) is 11.3 Å². The van der Waals surface area contributed by atoms with E-state index < -0.39 is 17.9 Å². The van der Waals surface area contributed by atoms with Crippen LogP contribution in [-0.4, -0.2) is 47.6 Å². The molecule has 2 amide bonds. The molecule has 2 heterocycles. The second-order valence-electron chi connectivity index (χ2n) is 9.10. The summed E-state index contributed by atoms with van der Waals surface area (Å²) >= 11 is 0. The number of amides is 2. The van der Waals surface area contributed by atoms with Crippen LogP contribution in [0.15, 0.2) is 18.2 Å². The van der Waals surface area contributed by atoms with Gasteiger partial charge in [-0.25, -0.2) is 5.48 Å². The molecule has 3 aliphatic rings. The van der Waals surface area contributed by atoms with Crippen molar-refractivity contribution in [3.05, 3.63) is 34.9 Å². The third-order valence-electron chi connectivity index (χ3n) is 7.10. The van der Waals surface area contributed by atoms with E-state index in [1.165, 1.54) is 16.7 Å². The van der Waals surface area contributed by atoms with Gasteiger partial charge < -0.3 is 10.2 Å². The Labute approximate surface area is 166 Å². The smallest absolute Gasteiger partial charge is 0.248 e. The van der Waals surface area contributed by atoms with Crippen LogP contribution in [0.1, 0.15) is 54.7 Å². The normalized spacial score (nSPS) is 26.9. The Hall–Kier alpha value is -1.92. The zero-order valence-electron chi connectivity index (χ0n) is 16.8. The van der Waals surface area contributed by atoms with Crippen LogP contribution in [0.3, 0.4) is 0 Å². The summed E-state index contributed by atoms with van der Waals surface area (Å²) in [4.78, 5) is 27.3. The topological polar surface area (TPSA) is 81.7 Å². The van der Waals surface area contributed by atoms with Crippen LogP contribution in [0, 0.1) is 25.2 Å². The van der Waals surface area contributed by atoms with Gasteiger partial charge in [-0.05, 0) is 68.4 Å². The molecule has 2 saturated heterocycles. The summed E-state index contributed by atoms with van der Waals surface area (Å²) in [5.41, 5.74) is 5.93. The molecule has 6 nitrogen and oxygen atoms in total. The molecule has 1 spiro atoms. The number of rotatable bonds is 3. The SMILES string of the molecule is Cc1ccc(C)c(C2CCN(C(=O)[C@H]3NCC4(CC4)C[C@@H]3C(=O)NO)CC2)c1. The number of carbonyl (C=O) groups excluding carboxylic acids is 2. The van der Waals surface area contributed by atoms with E-state index in [0.29, 0.717) is 25.4 Å². The number of nitrogens with zero attached hydrogens (tertiary/aromatic N) is 1. The molecule has 1 aliphatic carbocycles. The maximum atomic E-state index is 13.2. The third kappa shape index (κ3) is 3.67. The molecule has 0 radical (unpaired) electrons. The van der Waals surface area contributed by atoms with Gasteiger partial charge in [-0.1, -0.05) is 23.8 Å². The predicted molar refractivity (Wildman–Crippen MR) is 106 cm³/mol. The molecule has 1 saturated carbocycles. The molecule has 2 aliphatic heterocycles. The maximum Gasteiger partial charge on any atom is 0.248 e. The quantitative estimate of drug-likeness (QED) is 0.551. The van der Waals surface area contributed by atoms with Gasteiger partial charge in [0.2, 0.25) is 11.8 Å². The minimum atomic E-state index is -0.532. The van der Waals surface area contributed by atoms with Crippen LogP contribution in [-0.2, 0) is 9.59 Å². The summed E-state index contributed by atoms with van der Waals surface area (Å²) in [6, 6.07) is 6.07. The highest BCUT2D eigenvalue weighted by Gasteiger charge is 2.52. The number of aryl methyl sites for hydroxylation is 2. The molecule has 1 aromatic rings. The molecule has 28 heavy (non-hydrogen) atoms. The van der Waals surface area contributed by atoms with Crippen molar-refractivity contribution < 1.29 is 14.8 Å². The van der Waals surface area contributed by atoms with E-state index in [9.17, 15) is 9.59 Å². The van der Waals surface area contributed by atoms with E-state index in [2.05, 4.69) is 37.4 Å². The number of hydrogen-bond acceptors (Lipinski definition) is 4. The molecule has 3 N–H and O–H groups in total. The predicted octanol–water partition coefficient (Wildman–Crippen LogP) is 2.27. The van der Waals surface area contributed by atoms with Gasteiger partial charge in [0.05, 0.1) is 12.0 Å². The lowest BCUT2D eigenvalue weighted by Crippen LogP contribution is -2.59. The summed E-state index contributed by atoms with van der Waals surface area (Å²) in [7, 11) is 0. The zero-order chi connectivity index (χ0) is 19.9. The first-order chi connectivity index (χ1) is 13.4. The molecular weight excluding hydrogens is 354 g/mol. The van der Waals surface area contributed by atoms with Gasteiger partial charge in [0, 0.05) is 19.6 Å². The molecular formula is C22H31N3O3. The van der Waals surface area contributed by atoms with Crippen LogP contribution in [0.5, 0.6) is 0 Å². The van der Waals surface area contributed by atoms with Crippen molar-refractivity contribution in [2.75, 3.05) is 19.6 Å². The van der Waals surface area contributed by atoms with Crippen molar-refractivity contribution in [1.29, 1.82) is 0 Å². The summed E-state index contributed by atoms with van der Waals surface area (Å²) in [5.74, 6) is -0.453. The standard InChI is InChI=1S/C22H31N3O3/c1-14-3-4-15(2)17(11-14)16-5-9-25(10-6-16)21(27)19-18(20(26)24-28)12-22(7-8-22)13-23-19/h3-4,11,16,18-19,23,28H,5-10,12-13H2,1-2H3,(H,24,26)/t18-,19-/m0/s1. The van der Waals surface area contributed by atoms with Gasteiger partial charge in [-0.2, -0.15) is 0 Å². The number of nitrogens with one attached hydrogen (secondary N) is 2. The first-order valence-electron chi connectivity index (χ1n) is 10.5. The first kappa shape index (κ1) is 19.4. The van der Waals surface area contributed by atoms with Crippen LogP contribution in [0.4, 0.5) is 0 Å². The average molecular weight is 386 g/mol. The minimum absolute atomic E-state index is 0.00325. The fraction of sp³-hybridized carbons (Fsp3) is 0.636. The van der Waals surface area contributed by atoms with Gasteiger partial charge in [0.25, 0.3) is 0 Å². The van der Waals surface area contributed by atoms with E-state index in [1.54, 1.807) is 5.48 Å². The Morgan fingerprint density at radius 2 is 1.93 bits per heavy atom. The van der Waals surface area contributed by atoms with Crippen molar-refractivity contribution >= 4 is 11.8 Å². The second kappa shape index (κ2) is 7.48. The van der Waals surface area contributed by atoms with Crippen LogP contribution >= 0.6 is 0 Å². The highest BCUT2D eigenvalue weighted by atomic mass is 16.5. The van der Waals surface area contributed by atoms with Gasteiger partial charge in [0.15, 0.2) is 0 Å². The van der Waals surface area contributed by atoms with Crippen LogP contribution in [0.25, 0.3) is 0 Å². The van der Waals surface area contributed by atoms with Gasteiger partial charge in [0.1, 0.15) is 0 Å². The third-order valence-corrected chi connectivity index (χ3v) is 7.10. The fourth-order valence-corrected chi connectivity index (χ4v) is 5.08. The number of benzene rings is 1. The Kier molecular flexibility index (Phi) is 5.19. The Morgan fingerprint density at radius 3 is 2.57 bits per heavy atom. The van der Waals surface area contributed by atoms with Crippen molar-refractivity contribution in [2.24, 2.45) is 11.3 Å². The number of carbonyl (C=O) groups is 2. The maximum absolute atomic E-state index is 13.2. The highest BCUT2D eigenvalue weighted by molar-refractivity contribution is 5.90. The van der Waals surface area contributed by atoms with E-state index >= 15 is 0 Å². The molecule has 2 atom stereocenters. The van der Waals surface area contributed by atoms with Crippen LogP contribution < -0.4 is 10.8 Å². The summed E-state index contributed by atoms with van der Waals surface area (Å²) < 4.78 is 0. The second-order valence-corrected chi connectivity index (χ2v) is 9.10. The zero-order valence-corrected chi connectivity index (χ0v) is 16.8. The Balaban J connectivity index is 1.41. The van der Waals surface area contributed by atoms with Gasteiger partial charge in [-0.15, -0.1) is 0 Å². The lowest BCUT2D eigenvalue weighted by molar-refractivity contribution is -0.145. The molecule has 3 fully saturated rings. The van der Waals surface area contributed by atoms with E-state index in [4.69, 9.17) is 5.21 Å². The van der Waals surface area contributed by atoms with Gasteiger partial charge in [-0.3, -0.25) is 14.8 Å². The summed E-state index contributed by atoms with van der Waals surface area (Å²) in [6.07, 6.45) is 4.77. The molecule has 0 aromatic heterocycles. The lowest BCUT2D eigenvalue weighted by atomic mass is 9.80. The van der Waals surface area contributed by atoms with Gasteiger partial charge >= 0.3 is 0 Å². The Morgan fingerprint density at radius 1 is 1.21 bits per heavy atom. The lowest BCUT2D eigenvalue weighted by Gasteiger charge is -2.40. The van der Waals surface area contributed by atoms with Crippen molar-refractivity contribution in [1.82, 2.24) is 15.7 Å².